The molecule has 0 bridgehead atoms. The molecule has 2 fully saturated rings. The lowest BCUT2D eigenvalue weighted by atomic mass is 9.78. The molecule has 0 radical (unpaired) electrons. The monoisotopic (exact) mass is 361 g/mol. The summed E-state index contributed by atoms with van der Waals surface area (Å²) >= 11 is 0. The van der Waals surface area contributed by atoms with E-state index in [0.29, 0.717) is 19.1 Å². The van der Waals surface area contributed by atoms with Crippen LogP contribution >= 0.6 is 0 Å². The van der Waals surface area contributed by atoms with Crippen molar-refractivity contribution < 1.29 is 9.53 Å². The minimum atomic E-state index is -0.232. The number of nitrogens with zero attached hydrogens (tertiary/aromatic N) is 2. The number of amides is 1. The highest BCUT2D eigenvalue weighted by molar-refractivity contribution is 5.84. The van der Waals surface area contributed by atoms with Gasteiger partial charge in [-0.3, -0.25) is 14.5 Å². The molecule has 2 saturated heterocycles. The fraction of sp³-hybridized carbons (Fsp3) is 0.700. The van der Waals surface area contributed by atoms with Crippen LogP contribution in [0.1, 0.15) is 42.5 Å². The summed E-state index contributed by atoms with van der Waals surface area (Å²) in [6.07, 6.45) is 5.66. The number of piperidine rings is 1. The number of carbonyl (C=O) groups excluding carboxylic acids is 1. The van der Waals surface area contributed by atoms with Crippen molar-refractivity contribution in [1.82, 2.24) is 14.8 Å². The van der Waals surface area contributed by atoms with Crippen LogP contribution in [0.3, 0.4) is 0 Å². The van der Waals surface area contributed by atoms with Crippen LogP contribution in [-0.4, -0.2) is 60.6 Å². The molecule has 1 aromatic heterocycles. The highest BCUT2D eigenvalue weighted by atomic mass is 16.5. The minimum Gasteiger partial charge on any atom is -0.385 e. The van der Waals surface area contributed by atoms with Crippen molar-refractivity contribution in [3.8, 4) is 0 Å². The molecule has 0 saturated carbocycles. The number of nitrogens with one attached hydrogen (secondary N) is 1. The number of rotatable bonds is 6. The highest BCUT2D eigenvalue weighted by Gasteiger charge is 2.48. The summed E-state index contributed by atoms with van der Waals surface area (Å²) in [7, 11) is 1.70. The predicted molar refractivity (Wildman–Crippen MR) is 101 cm³/mol. The molecule has 1 spiro atoms. The van der Waals surface area contributed by atoms with Gasteiger partial charge in [0.1, 0.15) is 0 Å². The maximum atomic E-state index is 13.1. The lowest BCUT2D eigenvalue weighted by molar-refractivity contribution is -0.145. The molecule has 2 aliphatic heterocycles. The number of ether oxygens (including phenoxy) is 1. The molecule has 1 aromatic rings. The Balaban J connectivity index is 1.66. The zero-order chi connectivity index (χ0) is 18.7. The Kier molecular flexibility index (Phi) is 5.82. The van der Waals surface area contributed by atoms with E-state index in [4.69, 9.17) is 4.74 Å². The van der Waals surface area contributed by atoms with Crippen LogP contribution in [0.25, 0.3) is 0 Å². The zero-order valence-corrected chi connectivity index (χ0v) is 16.3. The molecule has 1 N–H and O–H groups in total. The number of H-pyrrole nitrogens is 1. The number of hydrogen-bond donors (Lipinski definition) is 1. The van der Waals surface area contributed by atoms with Gasteiger partial charge in [0, 0.05) is 62.9 Å². The zero-order valence-electron chi connectivity index (χ0n) is 16.3. The second kappa shape index (κ2) is 7.92. The first-order valence-electron chi connectivity index (χ1n) is 9.65. The molecule has 0 unspecified atom stereocenters. The number of hydrogen-bond acceptors (Lipinski definition) is 4. The van der Waals surface area contributed by atoms with Gasteiger partial charge in [-0.2, -0.15) is 0 Å². The first kappa shape index (κ1) is 19.1. The number of carbonyl (C=O) groups is 1. The highest BCUT2D eigenvalue weighted by Crippen LogP contribution is 2.40. The van der Waals surface area contributed by atoms with E-state index in [0.717, 1.165) is 68.7 Å². The van der Waals surface area contributed by atoms with Crippen LogP contribution in [0, 0.1) is 19.3 Å². The third-order valence-electron chi connectivity index (χ3n) is 6.03. The van der Waals surface area contributed by atoms with Gasteiger partial charge in [0.05, 0.1) is 5.41 Å². The molecule has 144 valence electrons. The normalized spacial score (nSPS) is 24.0. The Bertz CT molecular complexity index is 715. The molecule has 3 heterocycles. The maximum Gasteiger partial charge on any atom is 0.230 e. The summed E-state index contributed by atoms with van der Waals surface area (Å²) in [5.41, 5.74) is 2.40. The average molecular weight is 361 g/mol. The van der Waals surface area contributed by atoms with Gasteiger partial charge < -0.3 is 14.6 Å². The van der Waals surface area contributed by atoms with Crippen LogP contribution < -0.4 is 5.43 Å². The predicted octanol–water partition coefficient (Wildman–Crippen LogP) is 1.84. The largest absolute Gasteiger partial charge is 0.385 e. The van der Waals surface area contributed by atoms with E-state index < -0.39 is 0 Å². The first-order valence-corrected chi connectivity index (χ1v) is 9.65. The molecular formula is C20H31N3O3. The van der Waals surface area contributed by atoms with Gasteiger partial charge in [-0.15, -0.1) is 0 Å². The van der Waals surface area contributed by atoms with Crippen LogP contribution in [0.15, 0.2) is 11.0 Å². The lowest BCUT2D eigenvalue weighted by Gasteiger charge is -2.39. The second-order valence-corrected chi connectivity index (χ2v) is 7.89. The van der Waals surface area contributed by atoms with E-state index in [1.165, 1.54) is 0 Å². The van der Waals surface area contributed by atoms with E-state index in [9.17, 15) is 9.59 Å². The van der Waals surface area contributed by atoms with Gasteiger partial charge in [0.15, 0.2) is 5.43 Å². The van der Waals surface area contributed by atoms with Crippen molar-refractivity contribution in [2.24, 2.45) is 5.41 Å². The molecule has 2 aliphatic rings. The van der Waals surface area contributed by atoms with Crippen molar-refractivity contribution in [1.29, 1.82) is 0 Å². The van der Waals surface area contributed by atoms with Crippen molar-refractivity contribution in [3.05, 3.63) is 33.2 Å². The quantitative estimate of drug-likeness (QED) is 0.785. The van der Waals surface area contributed by atoms with Crippen molar-refractivity contribution in [2.75, 3.05) is 39.9 Å². The van der Waals surface area contributed by atoms with Crippen LogP contribution in [0.2, 0.25) is 0 Å². The second-order valence-electron chi connectivity index (χ2n) is 7.89. The van der Waals surface area contributed by atoms with E-state index in [-0.39, 0.29) is 10.8 Å². The van der Waals surface area contributed by atoms with Crippen LogP contribution in [0.5, 0.6) is 0 Å². The van der Waals surface area contributed by atoms with Gasteiger partial charge in [0.2, 0.25) is 5.91 Å². The van der Waals surface area contributed by atoms with Crippen LogP contribution in [0.4, 0.5) is 0 Å². The fourth-order valence-corrected chi connectivity index (χ4v) is 4.43. The van der Waals surface area contributed by atoms with Crippen molar-refractivity contribution >= 4 is 5.91 Å². The standard InChI is InChI=1S/C20H31N3O3/c1-15-12-21-17(16(2)18(15)24)13-22-10-7-20(14-22)6-4-8-23(19(20)25)9-5-11-26-3/h12H,4-11,13-14H2,1-3H3,(H,21,24)/t20-/m1/s1. The van der Waals surface area contributed by atoms with Gasteiger partial charge in [0.25, 0.3) is 0 Å². The summed E-state index contributed by atoms with van der Waals surface area (Å²) < 4.78 is 5.12. The minimum absolute atomic E-state index is 0.116. The number of aromatic nitrogens is 1. The molecule has 6 nitrogen and oxygen atoms in total. The van der Waals surface area contributed by atoms with Crippen LogP contribution in [-0.2, 0) is 16.1 Å². The summed E-state index contributed by atoms with van der Waals surface area (Å²) in [5, 5.41) is 0. The van der Waals surface area contributed by atoms with Gasteiger partial charge in [-0.05, 0) is 46.1 Å². The Morgan fingerprint density at radius 3 is 2.81 bits per heavy atom. The number of likely N-dealkylation sites (tertiary alicyclic amines) is 2. The van der Waals surface area contributed by atoms with E-state index in [1.54, 1.807) is 13.3 Å². The number of methoxy groups -OCH3 is 1. The third kappa shape index (κ3) is 3.71. The van der Waals surface area contributed by atoms with Crippen molar-refractivity contribution in [3.63, 3.8) is 0 Å². The number of pyridine rings is 1. The summed E-state index contributed by atoms with van der Waals surface area (Å²) in [5.74, 6) is 0.316. The molecule has 6 heteroatoms. The summed E-state index contributed by atoms with van der Waals surface area (Å²) in [4.78, 5) is 32.9. The SMILES string of the molecule is COCCCN1CCC[C@]2(CCN(Cc3[nH]cc(C)c(=O)c3C)C2)C1=O. The topological polar surface area (TPSA) is 65.6 Å². The van der Waals surface area contributed by atoms with Gasteiger partial charge >= 0.3 is 0 Å². The summed E-state index contributed by atoms with van der Waals surface area (Å²) in [6.45, 7) is 8.49. The van der Waals surface area contributed by atoms with E-state index in [1.807, 2.05) is 18.7 Å². The maximum absolute atomic E-state index is 13.1. The Morgan fingerprint density at radius 2 is 2.04 bits per heavy atom. The Labute approximate surface area is 155 Å². The summed E-state index contributed by atoms with van der Waals surface area (Å²) in [6, 6.07) is 0. The Hall–Kier alpha value is -1.66. The Morgan fingerprint density at radius 1 is 1.23 bits per heavy atom. The lowest BCUT2D eigenvalue weighted by Crippen LogP contribution is -2.50. The molecule has 1 amide bonds. The van der Waals surface area contributed by atoms with Gasteiger partial charge in [-0.1, -0.05) is 0 Å². The number of aryl methyl sites for hydroxylation is 1. The van der Waals surface area contributed by atoms with E-state index >= 15 is 0 Å². The number of aromatic amines is 1. The smallest absolute Gasteiger partial charge is 0.230 e. The molecular weight excluding hydrogens is 330 g/mol. The molecule has 3 rings (SSSR count). The van der Waals surface area contributed by atoms with E-state index in [2.05, 4.69) is 9.88 Å². The molecule has 0 aromatic carbocycles. The van der Waals surface area contributed by atoms with Gasteiger partial charge in [-0.25, -0.2) is 0 Å². The van der Waals surface area contributed by atoms with Crippen molar-refractivity contribution in [2.45, 2.75) is 46.1 Å². The molecule has 0 aliphatic carbocycles. The molecule has 26 heavy (non-hydrogen) atoms. The average Bonchev–Trinajstić information content (AvgIpc) is 3.03. The molecule has 1 atom stereocenters. The first-order chi connectivity index (χ1) is 12.5. The third-order valence-corrected chi connectivity index (χ3v) is 6.03. The fourth-order valence-electron chi connectivity index (χ4n) is 4.43.